The van der Waals surface area contributed by atoms with Crippen molar-refractivity contribution in [2.45, 2.75) is 0 Å². The summed E-state index contributed by atoms with van der Waals surface area (Å²) < 4.78 is 7.98. The molecule has 0 saturated carbocycles. The number of thiophene rings is 1. The van der Waals surface area contributed by atoms with Crippen LogP contribution < -0.4 is 0 Å². The second-order valence-electron chi connectivity index (χ2n) is 6.59. The van der Waals surface area contributed by atoms with Crippen molar-refractivity contribution < 1.29 is 16.2 Å². The van der Waals surface area contributed by atoms with Crippen LogP contribution in [0.5, 0.6) is 0 Å². The van der Waals surface area contributed by atoms with Crippen molar-refractivity contribution in [2.24, 2.45) is 0 Å². The molecule has 0 amide bonds. The van der Waals surface area contributed by atoms with Gasteiger partial charge in [0.1, 0.15) is 0 Å². The van der Waals surface area contributed by atoms with E-state index >= 15 is 0 Å². The summed E-state index contributed by atoms with van der Waals surface area (Å²) in [6.45, 7) is 0. The molecule has 0 radical (unpaired) electrons. The molecular formula is C25H19N3RuS. The normalized spacial score (nSPS) is 10.8. The van der Waals surface area contributed by atoms with Crippen molar-refractivity contribution in [2.75, 3.05) is 0 Å². The molecule has 5 rings (SSSR count). The molecule has 5 aromatic rings. The average Bonchev–Trinajstić information content (AvgIpc) is 3.47. The Morgan fingerprint density at radius 2 is 1.33 bits per heavy atom. The fraction of sp³-hybridized carbons (Fsp3) is 0. The van der Waals surface area contributed by atoms with E-state index in [1.807, 2.05) is 12.1 Å². The van der Waals surface area contributed by atoms with E-state index in [0.29, 0.717) is 0 Å². The molecule has 0 fully saturated rings. The van der Waals surface area contributed by atoms with Crippen molar-refractivity contribution >= 4 is 15.9 Å². The van der Waals surface area contributed by atoms with Gasteiger partial charge in [-0.15, -0.1) is 0 Å². The van der Waals surface area contributed by atoms with Gasteiger partial charge in [-0.25, -0.2) is 0 Å². The Kier molecular flexibility index (Phi) is 5.56. The number of hydrogen-bond donors (Lipinski definition) is 0. The monoisotopic (exact) mass is 495 g/mol. The number of para-hydroxylation sites is 2. The molecule has 0 spiro atoms. The van der Waals surface area contributed by atoms with Crippen molar-refractivity contribution in [1.82, 2.24) is 14.3 Å². The van der Waals surface area contributed by atoms with E-state index in [2.05, 4.69) is 110 Å². The summed E-state index contributed by atoms with van der Waals surface area (Å²) in [6.07, 6.45) is 0. The molecule has 0 aliphatic heterocycles. The number of rotatable bonds is 4. The summed E-state index contributed by atoms with van der Waals surface area (Å²) in [7, 11) is 0. The van der Waals surface area contributed by atoms with Crippen LogP contribution in [0.2, 0.25) is 0 Å². The molecule has 3 nitrogen and oxygen atoms in total. The van der Waals surface area contributed by atoms with E-state index in [0.717, 1.165) is 22.8 Å². The molecular weight excluding hydrogens is 475 g/mol. The maximum atomic E-state index is 5.11. The van der Waals surface area contributed by atoms with Gasteiger partial charge in [-0.05, 0) is 0 Å². The molecule has 148 valence electrons. The summed E-state index contributed by atoms with van der Waals surface area (Å²) in [5.41, 5.74) is 3.31. The van der Waals surface area contributed by atoms with Gasteiger partial charge in [-0.1, -0.05) is 0 Å². The first-order chi connectivity index (χ1) is 14.9. The van der Waals surface area contributed by atoms with E-state index in [1.165, 1.54) is 8.89 Å². The van der Waals surface area contributed by atoms with Crippen molar-refractivity contribution in [3.05, 3.63) is 117 Å². The first kappa shape index (κ1) is 19.0. The first-order valence-corrected chi connectivity index (χ1v) is 12.3. The number of aromatic nitrogens is 3. The summed E-state index contributed by atoms with van der Waals surface area (Å²) in [4.78, 5) is 1.30. The molecule has 0 saturated heterocycles. The topological polar surface area (TPSA) is 22.8 Å². The van der Waals surface area contributed by atoms with Crippen LogP contribution in [-0.2, 0) is 16.2 Å². The second kappa shape index (κ2) is 8.78. The maximum absolute atomic E-state index is 5.11. The van der Waals surface area contributed by atoms with Gasteiger partial charge in [0.05, 0.1) is 0 Å². The van der Waals surface area contributed by atoms with Crippen molar-refractivity contribution in [3.8, 4) is 22.8 Å². The molecule has 0 N–H and O–H groups in total. The van der Waals surface area contributed by atoms with Crippen LogP contribution in [0.1, 0.15) is 4.88 Å². The molecule has 2 aromatic heterocycles. The summed E-state index contributed by atoms with van der Waals surface area (Å²) in [5, 5.41) is 7.24. The van der Waals surface area contributed by atoms with Gasteiger partial charge in [0.2, 0.25) is 0 Å². The second-order valence-corrected chi connectivity index (χ2v) is 9.35. The Bertz CT molecular complexity index is 1350. The predicted octanol–water partition coefficient (Wildman–Crippen LogP) is 5.86. The average molecular weight is 495 g/mol. The molecule has 0 aliphatic rings. The zero-order valence-corrected chi connectivity index (χ0v) is 18.6. The van der Waals surface area contributed by atoms with Gasteiger partial charge in [0.25, 0.3) is 0 Å². The third kappa shape index (κ3) is 3.87. The van der Waals surface area contributed by atoms with Crippen LogP contribution in [0.15, 0.2) is 109 Å². The number of hydrogen-bond acceptors (Lipinski definition) is 2. The Morgan fingerprint density at radius 1 is 0.700 bits per heavy atom. The van der Waals surface area contributed by atoms with E-state index in [9.17, 15) is 0 Å². The fourth-order valence-electron chi connectivity index (χ4n) is 3.20. The molecule has 0 bridgehead atoms. The van der Waals surface area contributed by atoms with Crippen LogP contribution in [-0.4, -0.2) is 19.0 Å². The van der Waals surface area contributed by atoms with E-state index < -0.39 is 0 Å². The molecule has 0 atom stereocenters. The summed E-state index contributed by atoms with van der Waals surface area (Å²) >= 11 is 1.55. The molecule has 30 heavy (non-hydrogen) atoms. The van der Waals surface area contributed by atoms with E-state index in [1.54, 1.807) is 11.3 Å². The zero-order valence-electron chi connectivity index (χ0n) is 16.1. The van der Waals surface area contributed by atoms with Gasteiger partial charge < -0.3 is 0 Å². The predicted molar refractivity (Wildman–Crippen MR) is 121 cm³/mol. The molecule has 2 heterocycles. The van der Waals surface area contributed by atoms with Crippen molar-refractivity contribution in [1.29, 1.82) is 0 Å². The van der Waals surface area contributed by atoms with Crippen LogP contribution in [0.4, 0.5) is 0 Å². The molecule has 0 unspecified atom stereocenters. The Labute approximate surface area is 186 Å². The summed E-state index contributed by atoms with van der Waals surface area (Å²) in [6, 6.07) is 35.6. The third-order valence-electron chi connectivity index (χ3n) is 4.59. The SMILES string of the molecule is [CH](=[Ru]=[c]1n(-c2ccccc2)nc(-c2ccccc2)n1-c1ccccc1)c1cccs1. The molecule has 0 aliphatic carbocycles. The van der Waals surface area contributed by atoms with Gasteiger partial charge in [0.15, 0.2) is 0 Å². The zero-order chi connectivity index (χ0) is 20.2. The standard InChI is InChI=1S/C20H15N3.C5H4S.Ru/c1-4-10-17(11-5-1)20-21-23(19-14-8-3-9-15-19)16-22(20)18-12-6-2-7-13-18;1-5-3-2-4-6-5;/h1-15H;1-4H;. The van der Waals surface area contributed by atoms with Crippen LogP contribution in [0.3, 0.4) is 0 Å². The van der Waals surface area contributed by atoms with Gasteiger partial charge in [0, 0.05) is 0 Å². The fourth-order valence-corrected chi connectivity index (χ4v) is 6.12. The first-order valence-electron chi connectivity index (χ1n) is 9.59. The van der Waals surface area contributed by atoms with Crippen LogP contribution >= 0.6 is 11.3 Å². The van der Waals surface area contributed by atoms with Gasteiger partial charge in [-0.3, -0.25) is 0 Å². The van der Waals surface area contributed by atoms with E-state index in [4.69, 9.17) is 5.10 Å². The Hall–Kier alpha value is -3.01. The number of nitrogens with zero attached hydrogens (tertiary/aromatic N) is 3. The number of benzene rings is 3. The van der Waals surface area contributed by atoms with Crippen LogP contribution in [0, 0.1) is 4.01 Å². The Morgan fingerprint density at radius 3 is 1.97 bits per heavy atom. The Balaban J connectivity index is 1.89. The quantitative estimate of drug-likeness (QED) is 0.287. The van der Waals surface area contributed by atoms with E-state index in [-0.39, 0.29) is 16.2 Å². The van der Waals surface area contributed by atoms with Crippen LogP contribution in [0.25, 0.3) is 22.8 Å². The third-order valence-corrected chi connectivity index (χ3v) is 7.73. The molecule has 5 heteroatoms. The summed E-state index contributed by atoms with van der Waals surface area (Å²) in [5.74, 6) is 0.953. The van der Waals surface area contributed by atoms with Gasteiger partial charge in [-0.2, -0.15) is 0 Å². The van der Waals surface area contributed by atoms with Gasteiger partial charge >= 0.3 is 187 Å². The van der Waals surface area contributed by atoms with Crippen molar-refractivity contribution in [3.63, 3.8) is 0 Å². The molecule has 3 aromatic carbocycles. The minimum absolute atomic E-state index is 0.223. The minimum atomic E-state index is -0.223.